The monoisotopic (exact) mass is 443 g/mol. The Kier molecular flexibility index (Phi) is 7.47. The Morgan fingerprint density at radius 2 is 1.94 bits per heavy atom. The third kappa shape index (κ3) is 4.75. The molecule has 32 heavy (non-hydrogen) atoms. The van der Waals surface area contributed by atoms with Gasteiger partial charge in [0.2, 0.25) is 5.91 Å². The van der Waals surface area contributed by atoms with Gasteiger partial charge in [-0.05, 0) is 37.1 Å². The molecule has 1 aromatic carbocycles. The van der Waals surface area contributed by atoms with Crippen molar-refractivity contribution >= 4 is 29.0 Å². The van der Waals surface area contributed by atoms with Gasteiger partial charge < -0.3 is 15.4 Å². The van der Waals surface area contributed by atoms with E-state index in [9.17, 15) is 19.2 Å². The Morgan fingerprint density at radius 1 is 1.22 bits per heavy atom. The van der Waals surface area contributed by atoms with Gasteiger partial charge in [0.25, 0.3) is 11.5 Å². The van der Waals surface area contributed by atoms with Crippen molar-refractivity contribution < 1.29 is 14.3 Å². The zero-order valence-electron chi connectivity index (χ0n) is 18.4. The SMILES string of the molecule is CCCCn1c(N)c(N(CCOC)C(=O)c2ccc(N3CCCC3=O)cc2)c(=O)[nH]c1=O. The highest BCUT2D eigenvalue weighted by molar-refractivity contribution is 6.07. The highest BCUT2D eigenvalue weighted by Crippen LogP contribution is 2.24. The van der Waals surface area contributed by atoms with E-state index in [0.717, 1.165) is 18.5 Å². The van der Waals surface area contributed by atoms with Crippen molar-refractivity contribution in [3.8, 4) is 0 Å². The molecule has 0 saturated carbocycles. The molecule has 3 rings (SSSR count). The van der Waals surface area contributed by atoms with Gasteiger partial charge in [-0.1, -0.05) is 13.3 Å². The second-order valence-electron chi connectivity index (χ2n) is 7.64. The summed E-state index contributed by atoms with van der Waals surface area (Å²) in [5.74, 6) is -0.463. The number of aromatic nitrogens is 2. The number of nitrogens with one attached hydrogen (secondary N) is 1. The van der Waals surface area contributed by atoms with Crippen LogP contribution >= 0.6 is 0 Å². The topological polar surface area (TPSA) is 131 Å². The van der Waals surface area contributed by atoms with Gasteiger partial charge >= 0.3 is 5.69 Å². The fraction of sp³-hybridized carbons (Fsp3) is 0.455. The predicted molar refractivity (Wildman–Crippen MR) is 122 cm³/mol. The smallest absolute Gasteiger partial charge is 0.330 e. The normalized spacial score (nSPS) is 13.6. The summed E-state index contributed by atoms with van der Waals surface area (Å²) < 4.78 is 6.39. The van der Waals surface area contributed by atoms with E-state index in [1.165, 1.54) is 16.6 Å². The summed E-state index contributed by atoms with van der Waals surface area (Å²) >= 11 is 0. The molecule has 2 amide bonds. The van der Waals surface area contributed by atoms with E-state index in [-0.39, 0.29) is 30.6 Å². The van der Waals surface area contributed by atoms with Gasteiger partial charge in [0.05, 0.1) is 6.61 Å². The molecule has 1 aromatic heterocycles. The highest BCUT2D eigenvalue weighted by Gasteiger charge is 2.26. The number of hydrogen-bond donors (Lipinski definition) is 2. The van der Waals surface area contributed by atoms with Gasteiger partial charge in [-0.2, -0.15) is 0 Å². The maximum atomic E-state index is 13.4. The van der Waals surface area contributed by atoms with E-state index in [0.29, 0.717) is 31.5 Å². The Balaban J connectivity index is 1.98. The van der Waals surface area contributed by atoms with Crippen LogP contribution in [0, 0.1) is 0 Å². The van der Waals surface area contributed by atoms with Crippen molar-refractivity contribution in [1.29, 1.82) is 0 Å². The molecule has 0 bridgehead atoms. The van der Waals surface area contributed by atoms with Crippen LogP contribution in [0.5, 0.6) is 0 Å². The first kappa shape index (κ1) is 23.3. The van der Waals surface area contributed by atoms with Crippen LogP contribution in [-0.2, 0) is 16.1 Å². The molecule has 1 saturated heterocycles. The number of methoxy groups -OCH3 is 1. The molecule has 10 nitrogen and oxygen atoms in total. The largest absolute Gasteiger partial charge is 0.383 e. The van der Waals surface area contributed by atoms with Crippen molar-refractivity contribution in [3.63, 3.8) is 0 Å². The molecule has 3 N–H and O–H groups in total. The lowest BCUT2D eigenvalue weighted by atomic mass is 10.1. The summed E-state index contributed by atoms with van der Waals surface area (Å²) in [6.07, 6.45) is 2.85. The molecule has 1 aliphatic rings. The minimum atomic E-state index is -0.732. The summed E-state index contributed by atoms with van der Waals surface area (Å²) in [5.41, 5.74) is 5.82. The molecule has 0 radical (unpaired) electrons. The van der Waals surface area contributed by atoms with E-state index in [2.05, 4.69) is 4.98 Å². The van der Waals surface area contributed by atoms with E-state index < -0.39 is 17.2 Å². The van der Waals surface area contributed by atoms with Gasteiger partial charge in [-0.25, -0.2) is 4.79 Å². The van der Waals surface area contributed by atoms with Crippen LogP contribution in [0.3, 0.4) is 0 Å². The lowest BCUT2D eigenvalue weighted by Gasteiger charge is -2.24. The number of anilines is 3. The molecular formula is C22H29N5O5. The minimum Gasteiger partial charge on any atom is -0.383 e. The summed E-state index contributed by atoms with van der Waals surface area (Å²) in [4.78, 5) is 55.4. The molecule has 1 aliphatic heterocycles. The average molecular weight is 444 g/mol. The number of aromatic amines is 1. The first-order valence-electron chi connectivity index (χ1n) is 10.7. The van der Waals surface area contributed by atoms with Crippen LogP contribution in [0.4, 0.5) is 17.2 Å². The maximum Gasteiger partial charge on any atom is 0.330 e. The maximum absolute atomic E-state index is 13.4. The third-order valence-corrected chi connectivity index (χ3v) is 5.48. The Morgan fingerprint density at radius 3 is 2.53 bits per heavy atom. The van der Waals surface area contributed by atoms with Crippen molar-refractivity contribution in [2.24, 2.45) is 0 Å². The van der Waals surface area contributed by atoms with Crippen molar-refractivity contribution in [1.82, 2.24) is 9.55 Å². The lowest BCUT2D eigenvalue weighted by Crippen LogP contribution is -2.42. The van der Waals surface area contributed by atoms with Crippen LogP contribution in [0.1, 0.15) is 43.0 Å². The molecule has 172 valence electrons. The van der Waals surface area contributed by atoms with Gasteiger partial charge in [-0.3, -0.25) is 28.8 Å². The Bertz CT molecular complexity index is 1090. The highest BCUT2D eigenvalue weighted by atomic mass is 16.5. The van der Waals surface area contributed by atoms with Crippen molar-refractivity contribution in [3.05, 3.63) is 50.7 Å². The van der Waals surface area contributed by atoms with E-state index in [4.69, 9.17) is 10.5 Å². The third-order valence-electron chi connectivity index (χ3n) is 5.48. The van der Waals surface area contributed by atoms with E-state index >= 15 is 0 Å². The summed E-state index contributed by atoms with van der Waals surface area (Å²) in [6, 6.07) is 6.64. The van der Waals surface area contributed by atoms with Gasteiger partial charge in [0.15, 0.2) is 5.69 Å². The standard InChI is InChI=1S/C22H29N5O5/c1-3-4-11-27-19(23)18(20(29)24-22(27)31)26(13-14-32-2)21(30)15-7-9-16(10-8-15)25-12-5-6-17(25)28/h7-10H,3-6,11-14,23H2,1-2H3,(H,24,29,31). The zero-order chi connectivity index (χ0) is 23.3. The number of H-pyrrole nitrogens is 1. The molecule has 0 spiro atoms. The summed E-state index contributed by atoms with van der Waals surface area (Å²) in [5, 5.41) is 0. The van der Waals surface area contributed by atoms with Gasteiger partial charge in [0.1, 0.15) is 5.82 Å². The second kappa shape index (κ2) is 10.3. The Hall–Kier alpha value is -3.40. The van der Waals surface area contributed by atoms with E-state index in [1.54, 1.807) is 29.2 Å². The molecule has 0 atom stereocenters. The van der Waals surface area contributed by atoms with Crippen LogP contribution in [0.2, 0.25) is 0 Å². The first-order valence-corrected chi connectivity index (χ1v) is 10.7. The fourth-order valence-corrected chi connectivity index (χ4v) is 3.73. The number of unbranched alkanes of at least 4 members (excludes halogenated alkanes) is 1. The molecule has 10 heteroatoms. The fourth-order valence-electron chi connectivity index (χ4n) is 3.73. The van der Waals surface area contributed by atoms with E-state index in [1.807, 2.05) is 6.92 Å². The number of amides is 2. The minimum absolute atomic E-state index is 0.0550. The predicted octanol–water partition coefficient (Wildman–Crippen LogP) is 1.34. The Labute approximate surface area is 185 Å². The summed E-state index contributed by atoms with van der Waals surface area (Å²) in [6.45, 7) is 3.19. The van der Waals surface area contributed by atoms with Crippen LogP contribution < -0.4 is 26.8 Å². The van der Waals surface area contributed by atoms with Gasteiger partial charge in [-0.15, -0.1) is 0 Å². The van der Waals surface area contributed by atoms with Crippen molar-refractivity contribution in [2.45, 2.75) is 39.2 Å². The molecule has 2 heterocycles. The summed E-state index contributed by atoms with van der Waals surface area (Å²) in [7, 11) is 1.49. The van der Waals surface area contributed by atoms with Gasteiger partial charge in [0, 0.05) is 44.4 Å². The number of benzene rings is 1. The number of nitrogens with zero attached hydrogens (tertiary/aromatic N) is 3. The number of nitrogen functional groups attached to an aromatic ring is 1. The second-order valence-corrected chi connectivity index (χ2v) is 7.64. The molecule has 0 aliphatic carbocycles. The first-order chi connectivity index (χ1) is 15.4. The van der Waals surface area contributed by atoms with Crippen LogP contribution in [-0.4, -0.2) is 48.2 Å². The quantitative estimate of drug-likeness (QED) is 0.601. The number of rotatable bonds is 9. The molecular weight excluding hydrogens is 414 g/mol. The average Bonchev–Trinajstić information content (AvgIpc) is 3.21. The van der Waals surface area contributed by atoms with Crippen LogP contribution in [0.25, 0.3) is 0 Å². The number of hydrogen-bond acceptors (Lipinski definition) is 6. The number of carbonyl (C=O) groups is 2. The molecule has 1 fully saturated rings. The molecule has 2 aromatic rings. The lowest BCUT2D eigenvalue weighted by molar-refractivity contribution is -0.117. The van der Waals surface area contributed by atoms with Crippen LogP contribution in [0.15, 0.2) is 33.9 Å². The number of nitrogens with two attached hydrogens (primary N) is 1. The zero-order valence-corrected chi connectivity index (χ0v) is 18.4. The number of carbonyl (C=O) groups excluding carboxylic acids is 2. The molecule has 0 unspecified atom stereocenters. The van der Waals surface area contributed by atoms with Crippen molar-refractivity contribution in [2.75, 3.05) is 42.3 Å². The number of ether oxygens (including phenoxy) is 1.